The van der Waals surface area contributed by atoms with Crippen LogP contribution in [0.4, 0.5) is 0 Å². The molecule has 0 fully saturated rings. The maximum atomic E-state index is 11.2. The molecule has 0 unspecified atom stereocenters. The first kappa shape index (κ1) is 17.9. The van der Waals surface area contributed by atoms with E-state index >= 15 is 0 Å². The van der Waals surface area contributed by atoms with E-state index in [0.717, 1.165) is 30.4 Å². The van der Waals surface area contributed by atoms with Crippen molar-refractivity contribution >= 4 is 18.2 Å². The SMILES string of the molecule is O=P(O)(O)Sc1cc(O)ccc1CCCCc1cccc(O)c1. The van der Waals surface area contributed by atoms with E-state index in [2.05, 4.69) is 0 Å². The molecule has 0 aliphatic heterocycles. The summed E-state index contributed by atoms with van der Waals surface area (Å²) in [6.07, 6.45) is 3.23. The molecule has 0 aliphatic carbocycles. The summed E-state index contributed by atoms with van der Waals surface area (Å²) in [5, 5.41) is 18.9. The lowest BCUT2D eigenvalue weighted by molar-refractivity contribution is 0.397. The maximum Gasteiger partial charge on any atom is 0.388 e. The van der Waals surface area contributed by atoms with Gasteiger partial charge in [-0.15, -0.1) is 0 Å². The van der Waals surface area contributed by atoms with Gasteiger partial charge in [-0.05, 0) is 72.5 Å². The van der Waals surface area contributed by atoms with Gasteiger partial charge in [0.2, 0.25) is 0 Å². The van der Waals surface area contributed by atoms with Gasteiger partial charge in [-0.2, -0.15) is 0 Å². The van der Waals surface area contributed by atoms with E-state index in [1.165, 1.54) is 12.1 Å². The Morgan fingerprint density at radius 2 is 1.61 bits per heavy atom. The Morgan fingerprint density at radius 1 is 0.913 bits per heavy atom. The first-order chi connectivity index (χ1) is 10.8. The Morgan fingerprint density at radius 3 is 2.30 bits per heavy atom. The largest absolute Gasteiger partial charge is 0.508 e. The molecule has 4 N–H and O–H groups in total. The lowest BCUT2D eigenvalue weighted by atomic mass is 10.0. The van der Waals surface area contributed by atoms with Crippen molar-refractivity contribution in [1.29, 1.82) is 0 Å². The highest BCUT2D eigenvalue weighted by Gasteiger charge is 2.18. The summed E-state index contributed by atoms with van der Waals surface area (Å²) in [5.74, 6) is 0.242. The van der Waals surface area contributed by atoms with Gasteiger partial charge >= 0.3 is 6.80 Å². The molecule has 0 atom stereocenters. The molecule has 124 valence electrons. The zero-order valence-electron chi connectivity index (χ0n) is 12.4. The van der Waals surface area contributed by atoms with Crippen molar-refractivity contribution in [3.05, 3.63) is 53.6 Å². The Kier molecular flexibility index (Phi) is 6.13. The van der Waals surface area contributed by atoms with Crippen LogP contribution in [0, 0.1) is 0 Å². The summed E-state index contributed by atoms with van der Waals surface area (Å²) in [5.41, 5.74) is 1.87. The standard InChI is InChI=1S/C16H19O5PS/c17-14-7-3-5-12(10-14)4-1-2-6-13-8-9-15(18)11-16(13)23-22(19,20)21/h3,5,7-11,17-18H,1-2,4,6H2,(H2,19,20,21). The van der Waals surface area contributed by atoms with E-state index in [-0.39, 0.29) is 11.5 Å². The molecule has 2 aromatic carbocycles. The van der Waals surface area contributed by atoms with Crippen LogP contribution in [0.5, 0.6) is 11.5 Å². The molecule has 0 amide bonds. The summed E-state index contributed by atoms with van der Waals surface area (Å²) in [6, 6.07) is 11.7. The maximum absolute atomic E-state index is 11.2. The van der Waals surface area contributed by atoms with Crippen LogP contribution in [0.25, 0.3) is 0 Å². The molecule has 0 bridgehead atoms. The van der Waals surface area contributed by atoms with E-state index in [9.17, 15) is 14.8 Å². The average Bonchev–Trinajstić information content (AvgIpc) is 2.44. The molecule has 0 saturated carbocycles. The molecule has 5 nitrogen and oxygen atoms in total. The predicted molar refractivity (Wildman–Crippen MR) is 90.8 cm³/mol. The number of aromatic hydroxyl groups is 2. The summed E-state index contributed by atoms with van der Waals surface area (Å²) in [4.78, 5) is 18.6. The van der Waals surface area contributed by atoms with Crippen molar-refractivity contribution in [2.24, 2.45) is 0 Å². The summed E-state index contributed by atoms with van der Waals surface area (Å²) < 4.78 is 11.2. The lowest BCUT2D eigenvalue weighted by Crippen LogP contribution is -1.92. The van der Waals surface area contributed by atoms with E-state index in [1.807, 2.05) is 6.07 Å². The molecule has 0 radical (unpaired) electrons. The normalized spacial score (nSPS) is 11.6. The molecule has 0 aromatic heterocycles. The van der Waals surface area contributed by atoms with Crippen molar-refractivity contribution in [3.63, 3.8) is 0 Å². The van der Waals surface area contributed by atoms with Gasteiger partial charge in [0.15, 0.2) is 0 Å². The van der Waals surface area contributed by atoms with Crippen LogP contribution in [-0.2, 0) is 17.4 Å². The summed E-state index contributed by atoms with van der Waals surface area (Å²) in [7, 11) is 0. The number of phenolic OH excluding ortho intramolecular Hbond substituents is 2. The Hall–Kier alpha value is -1.46. The van der Waals surface area contributed by atoms with Crippen molar-refractivity contribution in [2.75, 3.05) is 0 Å². The van der Waals surface area contributed by atoms with Gasteiger partial charge in [-0.25, -0.2) is 4.57 Å². The van der Waals surface area contributed by atoms with Gasteiger partial charge in [0.1, 0.15) is 11.5 Å². The van der Waals surface area contributed by atoms with Gasteiger partial charge in [0.05, 0.1) is 0 Å². The Balaban J connectivity index is 1.93. The number of unbranched alkanes of at least 4 members (excludes halogenated alkanes) is 1. The fourth-order valence-electron chi connectivity index (χ4n) is 2.32. The number of rotatable bonds is 7. The first-order valence-corrected chi connectivity index (χ1v) is 10.2. The van der Waals surface area contributed by atoms with Crippen molar-refractivity contribution in [3.8, 4) is 11.5 Å². The molecule has 0 aliphatic rings. The fraction of sp³-hybridized carbons (Fsp3) is 0.250. The predicted octanol–water partition coefficient (Wildman–Crippen LogP) is 3.85. The number of aryl methyl sites for hydroxylation is 2. The van der Waals surface area contributed by atoms with Crippen LogP contribution >= 0.6 is 18.2 Å². The lowest BCUT2D eigenvalue weighted by Gasteiger charge is -2.10. The minimum Gasteiger partial charge on any atom is -0.508 e. The smallest absolute Gasteiger partial charge is 0.388 e. The number of benzene rings is 2. The first-order valence-electron chi connectivity index (χ1n) is 7.18. The topological polar surface area (TPSA) is 98.0 Å². The summed E-state index contributed by atoms with van der Waals surface area (Å²) in [6.45, 7) is -4.25. The molecule has 2 aromatic rings. The third-order valence-electron chi connectivity index (χ3n) is 3.34. The second kappa shape index (κ2) is 7.88. The van der Waals surface area contributed by atoms with Gasteiger partial charge in [0.25, 0.3) is 0 Å². The van der Waals surface area contributed by atoms with Gasteiger partial charge in [-0.1, -0.05) is 18.2 Å². The van der Waals surface area contributed by atoms with E-state index in [0.29, 0.717) is 22.7 Å². The molecule has 7 heteroatoms. The van der Waals surface area contributed by atoms with E-state index in [1.54, 1.807) is 24.3 Å². The van der Waals surface area contributed by atoms with Crippen LogP contribution in [0.15, 0.2) is 47.4 Å². The van der Waals surface area contributed by atoms with Crippen molar-refractivity contribution in [1.82, 2.24) is 0 Å². The molecular formula is C16H19O5PS. The zero-order valence-corrected chi connectivity index (χ0v) is 14.1. The zero-order chi connectivity index (χ0) is 16.9. The Labute approximate surface area is 138 Å². The second-order valence-electron chi connectivity index (χ2n) is 5.25. The van der Waals surface area contributed by atoms with Crippen LogP contribution in [-0.4, -0.2) is 20.0 Å². The molecule has 2 rings (SSSR count). The molecule has 0 saturated heterocycles. The minimum atomic E-state index is -4.25. The molecular weight excluding hydrogens is 335 g/mol. The average molecular weight is 354 g/mol. The fourth-order valence-corrected chi connectivity index (χ4v) is 4.32. The second-order valence-corrected chi connectivity index (χ2v) is 8.83. The highest BCUT2D eigenvalue weighted by Crippen LogP contribution is 2.55. The number of hydrogen-bond donors (Lipinski definition) is 4. The monoisotopic (exact) mass is 354 g/mol. The van der Waals surface area contributed by atoms with Crippen molar-refractivity contribution < 1.29 is 24.6 Å². The van der Waals surface area contributed by atoms with Crippen LogP contribution in [0.2, 0.25) is 0 Å². The summed E-state index contributed by atoms with van der Waals surface area (Å²) >= 11 is 0.472. The molecule has 23 heavy (non-hydrogen) atoms. The van der Waals surface area contributed by atoms with Gasteiger partial charge in [-0.3, -0.25) is 0 Å². The quantitative estimate of drug-likeness (QED) is 0.445. The molecule has 0 heterocycles. The van der Waals surface area contributed by atoms with Gasteiger partial charge < -0.3 is 20.0 Å². The van der Waals surface area contributed by atoms with Crippen molar-refractivity contribution in [2.45, 2.75) is 30.6 Å². The Bertz CT molecular complexity index is 713. The minimum absolute atomic E-state index is 0.00976. The third kappa shape index (κ3) is 6.28. The third-order valence-corrected chi connectivity index (χ3v) is 5.46. The highest BCUT2D eigenvalue weighted by atomic mass is 32.7. The van der Waals surface area contributed by atoms with E-state index < -0.39 is 6.80 Å². The van der Waals surface area contributed by atoms with Gasteiger partial charge in [0, 0.05) is 4.90 Å². The van der Waals surface area contributed by atoms with Crippen LogP contribution in [0.3, 0.4) is 0 Å². The number of phenols is 2. The number of hydrogen-bond acceptors (Lipinski definition) is 4. The van der Waals surface area contributed by atoms with E-state index in [4.69, 9.17) is 9.79 Å². The highest BCUT2D eigenvalue weighted by molar-refractivity contribution is 8.54. The van der Waals surface area contributed by atoms with Crippen LogP contribution < -0.4 is 0 Å². The molecule has 0 spiro atoms. The van der Waals surface area contributed by atoms with Crippen LogP contribution in [0.1, 0.15) is 24.0 Å².